The molecule has 0 saturated carbocycles. The first kappa shape index (κ1) is 26.3. The molecule has 1 aliphatic carbocycles. The standard InChI is InChI=1S/C44H31N3/c1-44(2)36-16-7-3-12-30(36)31-25-23-29(27-37(31)44)46-39-18-8-4-15-34(39)35-24-22-28(26-42(35)46)38-17-11-21-43(45-38)47-40-19-9-5-13-32(40)33-14-6-10-20-41(33)47/h3-27H,1-2H3. The third-order valence-electron chi connectivity index (χ3n) is 10.3. The van der Waals surface area contributed by atoms with Crippen LogP contribution in [0.5, 0.6) is 0 Å². The third kappa shape index (κ3) is 3.65. The molecular formula is C44H31N3. The maximum absolute atomic E-state index is 5.29. The van der Waals surface area contributed by atoms with E-state index in [1.54, 1.807) is 0 Å². The number of aromatic nitrogens is 3. The Hall–Kier alpha value is -5.93. The summed E-state index contributed by atoms with van der Waals surface area (Å²) in [5.74, 6) is 0.918. The predicted molar refractivity (Wildman–Crippen MR) is 196 cm³/mol. The molecule has 3 aromatic heterocycles. The zero-order chi connectivity index (χ0) is 31.3. The molecule has 3 nitrogen and oxygen atoms in total. The maximum atomic E-state index is 5.29. The van der Waals surface area contributed by atoms with Gasteiger partial charge in [0.1, 0.15) is 5.82 Å². The number of nitrogens with zero attached hydrogens (tertiary/aromatic N) is 3. The molecular weight excluding hydrogens is 571 g/mol. The molecule has 0 N–H and O–H groups in total. The van der Waals surface area contributed by atoms with Gasteiger partial charge in [-0.15, -0.1) is 0 Å². The summed E-state index contributed by atoms with van der Waals surface area (Å²) in [7, 11) is 0. The lowest BCUT2D eigenvalue weighted by molar-refractivity contribution is 0.660. The molecule has 9 aromatic rings. The molecule has 0 spiro atoms. The molecule has 0 radical (unpaired) electrons. The highest BCUT2D eigenvalue weighted by molar-refractivity contribution is 6.11. The Kier molecular flexibility index (Phi) is 5.34. The van der Waals surface area contributed by atoms with Gasteiger partial charge in [-0.2, -0.15) is 0 Å². The van der Waals surface area contributed by atoms with E-state index >= 15 is 0 Å². The molecule has 0 bridgehead atoms. The van der Waals surface area contributed by atoms with E-state index in [1.165, 1.54) is 60.5 Å². The molecule has 1 aliphatic rings. The van der Waals surface area contributed by atoms with Crippen molar-refractivity contribution in [3.8, 4) is 33.9 Å². The summed E-state index contributed by atoms with van der Waals surface area (Å²) in [6.45, 7) is 4.70. The number of rotatable bonds is 3. The number of fused-ring (bicyclic) bond motifs is 9. The van der Waals surface area contributed by atoms with Gasteiger partial charge >= 0.3 is 0 Å². The summed E-state index contributed by atoms with van der Waals surface area (Å²) in [4.78, 5) is 5.29. The van der Waals surface area contributed by atoms with Crippen LogP contribution in [0.4, 0.5) is 0 Å². The van der Waals surface area contributed by atoms with Gasteiger partial charge in [-0.05, 0) is 70.8 Å². The van der Waals surface area contributed by atoms with Crippen molar-refractivity contribution < 1.29 is 0 Å². The maximum Gasteiger partial charge on any atom is 0.138 e. The van der Waals surface area contributed by atoms with Crippen molar-refractivity contribution in [2.75, 3.05) is 0 Å². The van der Waals surface area contributed by atoms with Gasteiger partial charge in [-0.1, -0.05) is 117 Å². The number of pyridine rings is 1. The van der Waals surface area contributed by atoms with Crippen LogP contribution in [0.1, 0.15) is 25.0 Å². The van der Waals surface area contributed by atoms with Crippen LogP contribution in [0.15, 0.2) is 152 Å². The van der Waals surface area contributed by atoms with Crippen molar-refractivity contribution >= 4 is 43.6 Å². The first-order valence-electron chi connectivity index (χ1n) is 16.3. The lowest BCUT2D eigenvalue weighted by Gasteiger charge is -2.22. The fourth-order valence-electron chi connectivity index (χ4n) is 8.12. The Balaban J connectivity index is 1.17. The smallest absolute Gasteiger partial charge is 0.138 e. The summed E-state index contributed by atoms with van der Waals surface area (Å²) in [5, 5.41) is 4.97. The second-order valence-corrected chi connectivity index (χ2v) is 13.2. The highest BCUT2D eigenvalue weighted by Gasteiger charge is 2.35. The summed E-state index contributed by atoms with van der Waals surface area (Å²) in [6.07, 6.45) is 0. The number of hydrogen-bond donors (Lipinski definition) is 0. The van der Waals surface area contributed by atoms with Crippen LogP contribution in [0.2, 0.25) is 0 Å². The Morgan fingerprint density at radius 2 is 1.04 bits per heavy atom. The third-order valence-corrected chi connectivity index (χ3v) is 10.3. The van der Waals surface area contributed by atoms with Gasteiger partial charge in [-0.3, -0.25) is 4.57 Å². The fourth-order valence-corrected chi connectivity index (χ4v) is 8.12. The van der Waals surface area contributed by atoms with Crippen LogP contribution in [0.3, 0.4) is 0 Å². The minimum Gasteiger partial charge on any atom is -0.309 e. The first-order chi connectivity index (χ1) is 23.1. The highest BCUT2D eigenvalue weighted by Crippen LogP contribution is 2.49. The van der Waals surface area contributed by atoms with Crippen LogP contribution < -0.4 is 0 Å². The van der Waals surface area contributed by atoms with E-state index in [-0.39, 0.29) is 5.41 Å². The van der Waals surface area contributed by atoms with E-state index in [1.807, 2.05) is 0 Å². The van der Waals surface area contributed by atoms with E-state index in [2.05, 4.69) is 175 Å². The summed E-state index contributed by atoms with van der Waals surface area (Å²) < 4.78 is 4.72. The second kappa shape index (κ2) is 9.54. The van der Waals surface area contributed by atoms with Crippen molar-refractivity contribution in [1.82, 2.24) is 14.1 Å². The zero-order valence-electron chi connectivity index (χ0n) is 26.3. The minimum absolute atomic E-state index is 0.0664. The van der Waals surface area contributed by atoms with Crippen LogP contribution >= 0.6 is 0 Å². The van der Waals surface area contributed by atoms with Gasteiger partial charge < -0.3 is 4.57 Å². The normalized spacial score (nSPS) is 13.5. The number of benzene rings is 6. The van der Waals surface area contributed by atoms with E-state index in [0.717, 1.165) is 28.1 Å². The summed E-state index contributed by atoms with van der Waals surface area (Å²) >= 11 is 0. The lowest BCUT2D eigenvalue weighted by Crippen LogP contribution is -2.15. The van der Waals surface area contributed by atoms with E-state index in [0.29, 0.717) is 0 Å². The monoisotopic (exact) mass is 601 g/mol. The number of para-hydroxylation sites is 3. The summed E-state index contributed by atoms with van der Waals surface area (Å²) in [5.41, 5.74) is 13.3. The Labute approximate surface area is 273 Å². The number of hydrogen-bond acceptors (Lipinski definition) is 1. The molecule has 6 aromatic carbocycles. The van der Waals surface area contributed by atoms with Gasteiger partial charge in [0.2, 0.25) is 0 Å². The van der Waals surface area contributed by atoms with E-state index in [4.69, 9.17) is 4.98 Å². The predicted octanol–water partition coefficient (Wildman–Crippen LogP) is 11.2. The van der Waals surface area contributed by atoms with Crippen molar-refractivity contribution in [2.45, 2.75) is 19.3 Å². The second-order valence-electron chi connectivity index (χ2n) is 13.2. The molecule has 0 saturated heterocycles. The van der Waals surface area contributed by atoms with Gasteiger partial charge in [0.15, 0.2) is 0 Å². The van der Waals surface area contributed by atoms with Crippen LogP contribution in [-0.2, 0) is 5.41 Å². The van der Waals surface area contributed by atoms with E-state index in [9.17, 15) is 0 Å². The molecule has 0 fully saturated rings. The van der Waals surface area contributed by atoms with Gasteiger partial charge in [-0.25, -0.2) is 4.98 Å². The van der Waals surface area contributed by atoms with Crippen molar-refractivity contribution in [2.24, 2.45) is 0 Å². The lowest BCUT2D eigenvalue weighted by atomic mass is 9.82. The quantitative estimate of drug-likeness (QED) is 0.198. The molecule has 47 heavy (non-hydrogen) atoms. The Bertz CT molecular complexity index is 2670. The highest BCUT2D eigenvalue weighted by atomic mass is 15.1. The first-order valence-corrected chi connectivity index (χ1v) is 16.3. The van der Waals surface area contributed by atoms with Gasteiger partial charge in [0.05, 0.1) is 27.8 Å². The zero-order valence-corrected chi connectivity index (χ0v) is 26.3. The molecule has 0 unspecified atom stereocenters. The van der Waals surface area contributed by atoms with Crippen LogP contribution in [-0.4, -0.2) is 14.1 Å². The molecule has 10 rings (SSSR count). The topological polar surface area (TPSA) is 22.8 Å². The molecule has 3 heteroatoms. The molecule has 3 heterocycles. The van der Waals surface area contributed by atoms with Crippen molar-refractivity contribution in [3.05, 3.63) is 163 Å². The Morgan fingerprint density at radius 3 is 1.77 bits per heavy atom. The molecule has 0 atom stereocenters. The minimum atomic E-state index is -0.0664. The van der Waals surface area contributed by atoms with Gasteiger partial charge in [0, 0.05) is 38.2 Å². The van der Waals surface area contributed by atoms with Crippen molar-refractivity contribution in [1.29, 1.82) is 0 Å². The average molecular weight is 602 g/mol. The fraction of sp³-hybridized carbons (Fsp3) is 0.0682. The summed E-state index contributed by atoms with van der Waals surface area (Å²) in [6, 6.07) is 55.0. The Morgan fingerprint density at radius 1 is 0.447 bits per heavy atom. The van der Waals surface area contributed by atoms with Crippen LogP contribution in [0.25, 0.3) is 77.5 Å². The molecule has 222 valence electrons. The molecule has 0 amide bonds. The average Bonchev–Trinajstić information content (AvgIpc) is 3.71. The van der Waals surface area contributed by atoms with E-state index < -0.39 is 0 Å². The van der Waals surface area contributed by atoms with Crippen LogP contribution in [0, 0.1) is 0 Å². The van der Waals surface area contributed by atoms with Gasteiger partial charge in [0.25, 0.3) is 0 Å². The largest absolute Gasteiger partial charge is 0.309 e. The van der Waals surface area contributed by atoms with Crippen molar-refractivity contribution in [3.63, 3.8) is 0 Å². The SMILES string of the molecule is CC1(C)c2ccccc2-c2ccc(-n3c4ccccc4c4ccc(-c5cccc(-n6c7ccccc7c7ccccc76)n5)cc43)cc21. The molecule has 0 aliphatic heterocycles.